The second kappa shape index (κ2) is 8.17. The predicted octanol–water partition coefficient (Wildman–Crippen LogP) is 3.88. The van der Waals surface area contributed by atoms with Crippen molar-refractivity contribution in [2.45, 2.75) is 38.5 Å². The van der Waals surface area contributed by atoms with Gasteiger partial charge in [-0.1, -0.05) is 43.2 Å². The van der Waals surface area contributed by atoms with Gasteiger partial charge in [0.05, 0.1) is 23.2 Å². The van der Waals surface area contributed by atoms with Gasteiger partial charge in [0, 0.05) is 25.2 Å². The van der Waals surface area contributed by atoms with Crippen molar-refractivity contribution in [3.05, 3.63) is 54.1 Å². The molecule has 2 atom stereocenters. The van der Waals surface area contributed by atoms with Crippen LogP contribution in [-0.4, -0.2) is 35.7 Å². The number of rotatable bonds is 5. The highest BCUT2D eigenvalue weighted by Crippen LogP contribution is 2.39. The third kappa shape index (κ3) is 3.60. The van der Waals surface area contributed by atoms with Gasteiger partial charge in [-0.3, -0.25) is 19.3 Å². The number of para-hydroxylation sites is 3. The van der Waals surface area contributed by atoms with E-state index in [4.69, 9.17) is 0 Å². The van der Waals surface area contributed by atoms with Crippen LogP contribution in [0.1, 0.15) is 37.7 Å². The number of imide groups is 1. The fraction of sp³-hybridized carbons (Fsp3) is 0.400. The molecule has 2 aromatic carbocycles. The standard InChI is InChI=1S/C25H27N3O3/c29-23(14-16-28-24(30)18-8-2-3-9-19(18)25(28)31)26-20-10-4-6-12-22(20)27-15-13-17-7-1-5-11-21(17)27/h1,4-7,10-12,18-19H,2-3,8-9,13-16H2,(H,26,29). The van der Waals surface area contributed by atoms with Crippen molar-refractivity contribution in [1.82, 2.24) is 4.90 Å². The molecule has 2 aromatic rings. The number of likely N-dealkylation sites (tertiary alicyclic amines) is 1. The average molecular weight is 418 g/mol. The molecule has 0 bridgehead atoms. The van der Waals surface area contributed by atoms with Crippen LogP contribution in [0.2, 0.25) is 0 Å². The van der Waals surface area contributed by atoms with Gasteiger partial charge in [-0.05, 0) is 43.0 Å². The van der Waals surface area contributed by atoms with Gasteiger partial charge in [0.15, 0.2) is 0 Å². The molecular weight excluding hydrogens is 390 g/mol. The molecule has 1 aliphatic carbocycles. The lowest BCUT2D eigenvalue weighted by Gasteiger charge is -2.23. The Balaban J connectivity index is 1.26. The number of carbonyl (C=O) groups excluding carboxylic acids is 3. The van der Waals surface area contributed by atoms with Crippen LogP contribution in [0.5, 0.6) is 0 Å². The summed E-state index contributed by atoms with van der Waals surface area (Å²) in [5, 5.41) is 3.00. The first-order valence-corrected chi connectivity index (χ1v) is 11.2. The molecule has 2 aliphatic heterocycles. The summed E-state index contributed by atoms with van der Waals surface area (Å²) in [6.45, 7) is 1.02. The number of nitrogens with one attached hydrogen (secondary N) is 1. The highest BCUT2D eigenvalue weighted by Gasteiger charge is 2.47. The first kappa shape index (κ1) is 19.8. The van der Waals surface area contributed by atoms with Gasteiger partial charge in [0.2, 0.25) is 17.7 Å². The molecule has 31 heavy (non-hydrogen) atoms. The van der Waals surface area contributed by atoms with Crippen LogP contribution in [0.15, 0.2) is 48.5 Å². The third-order valence-corrected chi connectivity index (χ3v) is 6.85. The van der Waals surface area contributed by atoms with Gasteiger partial charge < -0.3 is 10.2 Å². The summed E-state index contributed by atoms with van der Waals surface area (Å²) in [6, 6.07) is 16.1. The minimum Gasteiger partial charge on any atom is -0.339 e. The summed E-state index contributed by atoms with van der Waals surface area (Å²) in [7, 11) is 0. The topological polar surface area (TPSA) is 69.7 Å². The van der Waals surface area contributed by atoms with E-state index >= 15 is 0 Å². The second-order valence-corrected chi connectivity index (χ2v) is 8.67. The van der Waals surface area contributed by atoms with E-state index in [0.717, 1.165) is 50.0 Å². The zero-order valence-electron chi connectivity index (χ0n) is 17.5. The lowest BCUT2D eigenvalue weighted by molar-refractivity contribution is -0.140. The molecule has 0 radical (unpaired) electrons. The zero-order valence-corrected chi connectivity index (χ0v) is 17.5. The Morgan fingerprint density at radius 1 is 0.903 bits per heavy atom. The van der Waals surface area contributed by atoms with Crippen molar-refractivity contribution < 1.29 is 14.4 Å². The monoisotopic (exact) mass is 417 g/mol. The Hall–Kier alpha value is -3.15. The molecule has 0 spiro atoms. The van der Waals surface area contributed by atoms with Crippen LogP contribution in [-0.2, 0) is 20.8 Å². The lowest BCUT2D eigenvalue weighted by Crippen LogP contribution is -2.34. The molecule has 1 N–H and O–H groups in total. The summed E-state index contributed by atoms with van der Waals surface area (Å²) >= 11 is 0. The van der Waals surface area contributed by atoms with E-state index in [1.54, 1.807) is 0 Å². The Labute approximate surface area is 182 Å². The molecule has 2 unspecified atom stereocenters. The maximum Gasteiger partial charge on any atom is 0.233 e. The van der Waals surface area contributed by atoms with Gasteiger partial charge in [-0.15, -0.1) is 0 Å². The molecule has 0 aromatic heterocycles. The van der Waals surface area contributed by atoms with E-state index in [1.165, 1.54) is 16.2 Å². The third-order valence-electron chi connectivity index (χ3n) is 6.85. The highest BCUT2D eigenvalue weighted by molar-refractivity contribution is 6.05. The van der Waals surface area contributed by atoms with Crippen molar-refractivity contribution >= 4 is 34.8 Å². The zero-order chi connectivity index (χ0) is 21.4. The van der Waals surface area contributed by atoms with Gasteiger partial charge in [-0.25, -0.2) is 0 Å². The summed E-state index contributed by atoms with van der Waals surface area (Å²) < 4.78 is 0. The van der Waals surface area contributed by atoms with Gasteiger partial charge in [0.25, 0.3) is 0 Å². The van der Waals surface area contributed by atoms with Crippen LogP contribution in [0.25, 0.3) is 0 Å². The maximum absolute atomic E-state index is 12.7. The number of benzene rings is 2. The van der Waals surface area contributed by atoms with Crippen molar-refractivity contribution in [1.29, 1.82) is 0 Å². The summed E-state index contributed by atoms with van der Waals surface area (Å²) in [5.74, 6) is -0.691. The number of anilines is 3. The normalized spacial score (nSPS) is 22.5. The quantitative estimate of drug-likeness (QED) is 0.750. The smallest absolute Gasteiger partial charge is 0.233 e. The number of nitrogens with zero attached hydrogens (tertiary/aromatic N) is 2. The Morgan fingerprint density at radius 3 is 2.29 bits per heavy atom. The van der Waals surface area contributed by atoms with E-state index in [-0.39, 0.29) is 42.5 Å². The maximum atomic E-state index is 12.7. The van der Waals surface area contributed by atoms with Crippen LogP contribution in [0, 0.1) is 11.8 Å². The SMILES string of the molecule is O=C(CCN1C(=O)C2CCCCC2C1=O)Nc1ccccc1N1CCc2ccccc21. The summed E-state index contributed by atoms with van der Waals surface area (Å²) in [5.41, 5.74) is 4.17. The van der Waals surface area contributed by atoms with E-state index in [1.807, 2.05) is 36.4 Å². The van der Waals surface area contributed by atoms with Crippen molar-refractivity contribution in [3.8, 4) is 0 Å². The first-order valence-electron chi connectivity index (χ1n) is 11.2. The Bertz CT molecular complexity index is 1010. The van der Waals surface area contributed by atoms with E-state index in [0.29, 0.717) is 0 Å². The van der Waals surface area contributed by atoms with Gasteiger partial charge in [0.1, 0.15) is 0 Å². The highest BCUT2D eigenvalue weighted by atomic mass is 16.2. The Kier molecular flexibility index (Phi) is 5.22. The molecule has 6 nitrogen and oxygen atoms in total. The average Bonchev–Trinajstić information content (AvgIpc) is 3.33. The number of fused-ring (bicyclic) bond motifs is 2. The molecular formula is C25H27N3O3. The van der Waals surface area contributed by atoms with Crippen molar-refractivity contribution in [3.63, 3.8) is 0 Å². The van der Waals surface area contributed by atoms with E-state index < -0.39 is 0 Å². The fourth-order valence-electron chi connectivity index (χ4n) is 5.28. The van der Waals surface area contributed by atoms with E-state index in [2.05, 4.69) is 22.3 Å². The minimum absolute atomic E-state index is 0.0865. The molecule has 1 saturated heterocycles. The van der Waals surface area contributed by atoms with Crippen LogP contribution in [0.3, 0.4) is 0 Å². The van der Waals surface area contributed by atoms with Crippen LogP contribution < -0.4 is 10.2 Å². The largest absolute Gasteiger partial charge is 0.339 e. The van der Waals surface area contributed by atoms with E-state index in [9.17, 15) is 14.4 Å². The summed E-state index contributed by atoms with van der Waals surface area (Å²) in [6.07, 6.45) is 4.68. The molecule has 1 saturated carbocycles. The Morgan fingerprint density at radius 2 is 1.55 bits per heavy atom. The number of hydrogen-bond acceptors (Lipinski definition) is 4. The molecule has 3 aliphatic rings. The number of hydrogen-bond donors (Lipinski definition) is 1. The predicted molar refractivity (Wildman–Crippen MR) is 119 cm³/mol. The van der Waals surface area contributed by atoms with Gasteiger partial charge >= 0.3 is 0 Å². The van der Waals surface area contributed by atoms with Crippen LogP contribution >= 0.6 is 0 Å². The van der Waals surface area contributed by atoms with Crippen molar-refractivity contribution in [2.24, 2.45) is 11.8 Å². The molecule has 160 valence electrons. The number of amides is 3. The second-order valence-electron chi connectivity index (χ2n) is 8.67. The molecule has 2 heterocycles. The molecule has 6 heteroatoms. The summed E-state index contributed by atoms with van der Waals surface area (Å²) in [4.78, 5) is 41.5. The number of carbonyl (C=O) groups is 3. The lowest BCUT2D eigenvalue weighted by atomic mass is 9.81. The van der Waals surface area contributed by atoms with Crippen molar-refractivity contribution in [2.75, 3.05) is 23.3 Å². The molecule has 2 fully saturated rings. The molecule has 3 amide bonds. The van der Waals surface area contributed by atoms with Gasteiger partial charge in [-0.2, -0.15) is 0 Å². The molecule has 5 rings (SSSR count). The first-order chi connectivity index (χ1) is 15.1. The van der Waals surface area contributed by atoms with Crippen LogP contribution in [0.4, 0.5) is 17.1 Å². The minimum atomic E-state index is -0.185. The fourth-order valence-corrected chi connectivity index (χ4v) is 5.28.